The minimum Gasteiger partial charge on any atom is -0.386 e. The zero-order valence-corrected chi connectivity index (χ0v) is 10.4. The first-order chi connectivity index (χ1) is 7.96. The summed E-state index contributed by atoms with van der Waals surface area (Å²) in [5.41, 5.74) is 4.61. The highest BCUT2D eigenvalue weighted by atomic mass is 16.5. The van der Waals surface area contributed by atoms with Crippen molar-refractivity contribution < 1.29 is 14.6 Å². The molecule has 1 saturated heterocycles. The molecule has 1 amide bonds. The molecule has 1 aliphatic carbocycles. The SMILES string of the molecule is CC1(C(=O)NCC2(O)CCOC2)CCCC1N. The van der Waals surface area contributed by atoms with Crippen molar-refractivity contribution in [2.75, 3.05) is 19.8 Å². The molecule has 1 aliphatic heterocycles. The van der Waals surface area contributed by atoms with Gasteiger partial charge in [0.15, 0.2) is 0 Å². The van der Waals surface area contributed by atoms with Gasteiger partial charge in [-0.05, 0) is 19.8 Å². The molecule has 17 heavy (non-hydrogen) atoms. The van der Waals surface area contributed by atoms with Gasteiger partial charge >= 0.3 is 0 Å². The van der Waals surface area contributed by atoms with Crippen LogP contribution in [0.2, 0.25) is 0 Å². The maximum absolute atomic E-state index is 12.1. The summed E-state index contributed by atoms with van der Waals surface area (Å²) < 4.78 is 5.14. The van der Waals surface area contributed by atoms with Gasteiger partial charge in [0.1, 0.15) is 5.60 Å². The lowest BCUT2D eigenvalue weighted by Crippen LogP contribution is -2.51. The third-order valence-corrected chi connectivity index (χ3v) is 4.21. The number of amides is 1. The maximum atomic E-state index is 12.1. The number of aliphatic hydroxyl groups is 1. The number of ether oxygens (including phenoxy) is 1. The number of hydrogen-bond acceptors (Lipinski definition) is 4. The minimum absolute atomic E-state index is 0.0391. The fourth-order valence-corrected chi connectivity index (χ4v) is 2.66. The van der Waals surface area contributed by atoms with Crippen LogP contribution in [-0.4, -0.2) is 42.4 Å². The van der Waals surface area contributed by atoms with Crippen molar-refractivity contribution in [1.29, 1.82) is 0 Å². The summed E-state index contributed by atoms with van der Waals surface area (Å²) in [6, 6.07) is -0.0722. The van der Waals surface area contributed by atoms with Gasteiger partial charge in [-0.2, -0.15) is 0 Å². The van der Waals surface area contributed by atoms with Crippen molar-refractivity contribution in [3.05, 3.63) is 0 Å². The normalized spacial score (nSPS) is 41.7. The van der Waals surface area contributed by atoms with Gasteiger partial charge in [0, 0.05) is 25.6 Å². The van der Waals surface area contributed by atoms with Gasteiger partial charge in [-0.25, -0.2) is 0 Å². The predicted octanol–water partition coefficient (Wildman–Crippen LogP) is -0.229. The van der Waals surface area contributed by atoms with Gasteiger partial charge in [-0.15, -0.1) is 0 Å². The molecule has 1 heterocycles. The molecule has 0 bridgehead atoms. The molecule has 98 valence electrons. The van der Waals surface area contributed by atoms with E-state index in [1.165, 1.54) is 0 Å². The van der Waals surface area contributed by atoms with Crippen molar-refractivity contribution in [2.24, 2.45) is 11.1 Å². The average molecular weight is 242 g/mol. The quantitative estimate of drug-likeness (QED) is 0.638. The van der Waals surface area contributed by atoms with Crippen LogP contribution in [0.1, 0.15) is 32.6 Å². The molecule has 2 rings (SSSR count). The first kappa shape index (κ1) is 12.8. The summed E-state index contributed by atoms with van der Waals surface area (Å²) in [5.74, 6) is -0.0391. The molecule has 0 aromatic heterocycles. The lowest BCUT2D eigenvalue weighted by Gasteiger charge is -2.29. The highest BCUT2D eigenvalue weighted by molar-refractivity contribution is 5.83. The van der Waals surface area contributed by atoms with E-state index in [0.29, 0.717) is 19.6 Å². The lowest BCUT2D eigenvalue weighted by molar-refractivity contribution is -0.131. The van der Waals surface area contributed by atoms with E-state index in [4.69, 9.17) is 10.5 Å². The second kappa shape index (κ2) is 4.55. The van der Waals surface area contributed by atoms with Gasteiger partial charge in [-0.1, -0.05) is 6.42 Å². The van der Waals surface area contributed by atoms with Crippen LogP contribution < -0.4 is 11.1 Å². The van der Waals surface area contributed by atoms with Crippen LogP contribution in [0.3, 0.4) is 0 Å². The fraction of sp³-hybridized carbons (Fsp3) is 0.917. The summed E-state index contributed by atoms with van der Waals surface area (Å²) in [5, 5.41) is 12.9. The Morgan fingerprint density at radius 2 is 2.35 bits per heavy atom. The van der Waals surface area contributed by atoms with Crippen molar-refractivity contribution in [2.45, 2.75) is 44.2 Å². The summed E-state index contributed by atoms with van der Waals surface area (Å²) >= 11 is 0. The minimum atomic E-state index is -0.894. The molecule has 0 aromatic rings. The molecule has 3 unspecified atom stereocenters. The Kier molecular flexibility index (Phi) is 3.43. The van der Waals surface area contributed by atoms with Crippen LogP contribution in [-0.2, 0) is 9.53 Å². The second-order valence-electron chi connectivity index (χ2n) is 5.63. The van der Waals surface area contributed by atoms with E-state index in [0.717, 1.165) is 19.3 Å². The molecule has 3 atom stereocenters. The molecule has 5 heteroatoms. The van der Waals surface area contributed by atoms with Crippen LogP contribution in [0.15, 0.2) is 0 Å². The summed E-state index contributed by atoms with van der Waals surface area (Å²) in [4.78, 5) is 12.1. The molecule has 2 fully saturated rings. The smallest absolute Gasteiger partial charge is 0.227 e. The standard InChI is InChI=1S/C12H22N2O3/c1-11(4-2-3-9(11)13)10(15)14-7-12(16)5-6-17-8-12/h9,16H,2-8,13H2,1H3,(H,14,15). The molecule has 4 N–H and O–H groups in total. The predicted molar refractivity (Wildman–Crippen MR) is 63.3 cm³/mol. The number of carbonyl (C=O) groups is 1. The number of carbonyl (C=O) groups excluding carboxylic acids is 1. The molecule has 0 aromatic carbocycles. The molecule has 0 radical (unpaired) electrons. The maximum Gasteiger partial charge on any atom is 0.227 e. The van der Waals surface area contributed by atoms with Crippen molar-refractivity contribution in [1.82, 2.24) is 5.32 Å². The van der Waals surface area contributed by atoms with Crippen LogP contribution in [0.25, 0.3) is 0 Å². The largest absolute Gasteiger partial charge is 0.386 e. The number of nitrogens with two attached hydrogens (primary N) is 1. The van der Waals surface area contributed by atoms with Crippen molar-refractivity contribution in [3.8, 4) is 0 Å². The van der Waals surface area contributed by atoms with E-state index in [1.54, 1.807) is 0 Å². The van der Waals surface area contributed by atoms with E-state index in [1.807, 2.05) is 6.92 Å². The van der Waals surface area contributed by atoms with Crippen LogP contribution >= 0.6 is 0 Å². The summed E-state index contributed by atoms with van der Waals surface area (Å²) in [7, 11) is 0. The Morgan fingerprint density at radius 1 is 1.59 bits per heavy atom. The topological polar surface area (TPSA) is 84.6 Å². The zero-order chi connectivity index (χ0) is 12.5. The second-order valence-corrected chi connectivity index (χ2v) is 5.63. The highest BCUT2D eigenvalue weighted by Gasteiger charge is 2.43. The van der Waals surface area contributed by atoms with Crippen molar-refractivity contribution >= 4 is 5.91 Å². The number of hydrogen-bond donors (Lipinski definition) is 3. The summed E-state index contributed by atoms with van der Waals surface area (Å²) in [6.07, 6.45) is 3.31. The number of rotatable bonds is 3. The van der Waals surface area contributed by atoms with E-state index in [2.05, 4.69) is 5.32 Å². The Bertz CT molecular complexity index is 302. The van der Waals surface area contributed by atoms with Gasteiger partial charge in [0.2, 0.25) is 5.91 Å². The van der Waals surface area contributed by atoms with Crippen LogP contribution in [0, 0.1) is 5.41 Å². The van der Waals surface area contributed by atoms with E-state index >= 15 is 0 Å². The average Bonchev–Trinajstić information content (AvgIpc) is 2.85. The number of nitrogens with one attached hydrogen (secondary N) is 1. The molecular formula is C12H22N2O3. The zero-order valence-electron chi connectivity index (χ0n) is 10.4. The van der Waals surface area contributed by atoms with Crippen LogP contribution in [0.5, 0.6) is 0 Å². The van der Waals surface area contributed by atoms with E-state index in [-0.39, 0.29) is 18.5 Å². The van der Waals surface area contributed by atoms with Crippen molar-refractivity contribution in [3.63, 3.8) is 0 Å². The Balaban J connectivity index is 1.89. The first-order valence-corrected chi connectivity index (χ1v) is 6.30. The van der Waals surface area contributed by atoms with Gasteiger partial charge in [0.25, 0.3) is 0 Å². The molecule has 1 saturated carbocycles. The Labute approximate surface area is 102 Å². The highest BCUT2D eigenvalue weighted by Crippen LogP contribution is 2.36. The van der Waals surface area contributed by atoms with Gasteiger partial charge in [0.05, 0.1) is 12.0 Å². The van der Waals surface area contributed by atoms with Gasteiger partial charge < -0.3 is 20.9 Å². The fourth-order valence-electron chi connectivity index (χ4n) is 2.66. The summed E-state index contributed by atoms with van der Waals surface area (Å²) in [6.45, 7) is 3.03. The third kappa shape index (κ3) is 2.46. The third-order valence-electron chi connectivity index (χ3n) is 4.21. The van der Waals surface area contributed by atoms with Crippen LogP contribution in [0.4, 0.5) is 0 Å². The molecule has 5 nitrogen and oxygen atoms in total. The van der Waals surface area contributed by atoms with E-state index < -0.39 is 11.0 Å². The Hall–Kier alpha value is -0.650. The Morgan fingerprint density at radius 3 is 2.88 bits per heavy atom. The van der Waals surface area contributed by atoms with E-state index in [9.17, 15) is 9.90 Å². The lowest BCUT2D eigenvalue weighted by atomic mass is 9.84. The monoisotopic (exact) mass is 242 g/mol. The molecular weight excluding hydrogens is 220 g/mol. The first-order valence-electron chi connectivity index (χ1n) is 6.30. The molecule has 0 spiro atoms. The molecule has 2 aliphatic rings. The van der Waals surface area contributed by atoms with Gasteiger partial charge in [-0.3, -0.25) is 4.79 Å².